The molecule has 0 aliphatic rings. The van der Waals surface area contributed by atoms with Crippen molar-refractivity contribution in [2.24, 2.45) is 0 Å². The third kappa shape index (κ3) is 4.60. The zero-order chi connectivity index (χ0) is 33.0. The van der Waals surface area contributed by atoms with Crippen molar-refractivity contribution in [3.05, 3.63) is 170 Å². The SMILES string of the molecule is c1ccc(-c2cccc(-c3nc(-c4ccccc4)nc(-c4cccc5c4oc4ccc(-n6c7ccccc7c7ccccc76)cc45)n3)c2)cc1. The van der Waals surface area contributed by atoms with Crippen LogP contribution < -0.4 is 0 Å². The van der Waals surface area contributed by atoms with Crippen molar-refractivity contribution in [1.82, 2.24) is 19.5 Å². The monoisotopic (exact) mass is 640 g/mol. The van der Waals surface area contributed by atoms with E-state index in [1.807, 2.05) is 42.5 Å². The summed E-state index contributed by atoms with van der Waals surface area (Å²) in [6, 6.07) is 58.6. The summed E-state index contributed by atoms with van der Waals surface area (Å²) in [5, 5.41) is 4.51. The minimum absolute atomic E-state index is 0.561. The Labute approximate surface area is 287 Å². The molecule has 5 heteroatoms. The van der Waals surface area contributed by atoms with Crippen molar-refractivity contribution in [2.75, 3.05) is 0 Å². The standard InChI is InChI=1S/C45H28N4O/c1-3-13-29(14-4-1)31-17-11-18-32(27-31)44-46-43(30-15-5-2-6-16-30)47-45(48-44)37-22-12-21-36-38-28-33(25-26-41(38)50-42(36)37)49-39-23-9-7-19-34(39)35-20-8-10-24-40(35)49/h1-28H. The van der Waals surface area contributed by atoms with E-state index in [0.717, 1.165) is 55.4 Å². The highest BCUT2D eigenvalue weighted by Gasteiger charge is 2.19. The topological polar surface area (TPSA) is 56.7 Å². The summed E-state index contributed by atoms with van der Waals surface area (Å²) in [7, 11) is 0. The molecule has 0 fully saturated rings. The summed E-state index contributed by atoms with van der Waals surface area (Å²) >= 11 is 0. The third-order valence-electron chi connectivity index (χ3n) is 9.45. The predicted molar refractivity (Wildman–Crippen MR) is 203 cm³/mol. The van der Waals surface area contributed by atoms with E-state index < -0.39 is 0 Å². The maximum absolute atomic E-state index is 6.64. The first-order valence-electron chi connectivity index (χ1n) is 16.7. The molecule has 234 valence electrons. The average molecular weight is 641 g/mol. The molecule has 3 aromatic heterocycles. The van der Waals surface area contributed by atoms with Crippen LogP contribution in [0.2, 0.25) is 0 Å². The number of furan rings is 1. The molecule has 0 saturated carbocycles. The van der Waals surface area contributed by atoms with E-state index in [9.17, 15) is 0 Å². The summed E-state index contributed by atoms with van der Waals surface area (Å²) < 4.78 is 8.98. The molecule has 0 bridgehead atoms. The lowest BCUT2D eigenvalue weighted by atomic mass is 10.0. The fourth-order valence-electron chi connectivity index (χ4n) is 7.11. The van der Waals surface area contributed by atoms with E-state index in [1.165, 1.54) is 21.8 Å². The number of nitrogens with zero attached hydrogens (tertiary/aromatic N) is 4. The van der Waals surface area contributed by atoms with Crippen molar-refractivity contribution in [3.8, 4) is 51.0 Å². The van der Waals surface area contributed by atoms with Crippen LogP contribution in [0.5, 0.6) is 0 Å². The maximum Gasteiger partial charge on any atom is 0.167 e. The number of fused-ring (bicyclic) bond motifs is 6. The zero-order valence-corrected chi connectivity index (χ0v) is 26.9. The summed E-state index contributed by atoms with van der Waals surface area (Å²) in [5.74, 6) is 1.78. The normalized spacial score (nSPS) is 11.6. The average Bonchev–Trinajstić information content (AvgIpc) is 3.74. The van der Waals surface area contributed by atoms with E-state index >= 15 is 0 Å². The van der Waals surface area contributed by atoms with Gasteiger partial charge in [-0.3, -0.25) is 0 Å². The molecule has 0 aliphatic carbocycles. The van der Waals surface area contributed by atoms with Gasteiger partial charge in [0.15, 0.2) is 17.5 Å². The molecular weight excluding hydrogens is 613 g/mol. The number of hydrogen-bond acceptors (Lipinski definition) is 4. The highest BCUT2D eigenvalue weighted by atomic mass is 16.3. The van der Waals surface area contributed by atoms with Crippen molar-refractivity contribution in [3.63, 3.8) is 0 Å². The predicted octanol–water partition coefficient (Wildman–Crippen LogP) is 11.5. The second-order valence-electron chi connectivity index (χ2n) is 12.5. The molecule has 0 amide bonds. The smallest absolute Gasteiger partial charge is 0.167 e. The van der Waals surface area contributed by atoms with Crippen molar-refractivity contribution >= 4 is 43.7 Å². The number of benzene rings is 7. The summed E-state index contributed by atoms with van der Waals surface area (Å²) in [6.07, 6.45) is 0. The van der Waals surface area contributed by atoms with Gasteiger partial charge in [-0.1, -0.05) is 127 Å². The van der Waals surface area contributed by atoms with E-state index in [4.69, 9.17) is 19.4 Å². The molecule has 3 heterocycles. The Morgan fingerprint density at radius 3 is 1.68 bits per heavy atom. The Balaban J connectivity index is 1.16. The van der Waals surface area contributed by atoms with Crippen LogP contribution in [0.15, 0.2) is 174 Å². The van der Waals surface area contributed by atoms with E-state index in [2.05, 4.69) is 132 Å². The fourth-order valence-corrected chi connectivity index (χ4v) is 7.11. The van der Waals surface area contributed by atoms with Crippen LogP contribution in [-0.4, -0.2) is 19.5 Å². The Bertz CT molecular complexity index is 2820. The number of rotatable bonds is 5. The number of hydrogen-bond donors (Lipinski definition) is 0. The molecule has 0 radical (unpaired) electrons. The first-order valence-corrected chi connectivity index (χ1v) is 16.7. The number of para-hydroxylation sites is 3. The molecular formula is C45H28N4O. The Hall–Kier alpha value is -6.85. The fraction of sp³-hybridized carbons (Fsp3) is 0. The highest BCUT2D eigenvalue weighted by molar-refractivity contribution is 6.12. The lowest BCUT2D eigenvalue weighted by molar-refractivity contribution is 0.669. The maximum atomic E-state index is 6.64. The second-order valence-corrected chi connectivity index (χ2v) is 12.5. The molecule has 5 nitrogen and oxygen atoms in total. The van der Waals surface area contributed by atoms with Gasteiger partial charge in [0.2, 0.25) is 0 Å². The Morgan fingerprint density at radius 1 is 0.380 bits per heavy atom. The molecule has 10 aromatic rings. The van der Waals surface area contributed by atoms with Crippen LogP contribution in [0.4, 0.5) is 0 Å². The van der Waals surface area contributed by atoms with Crippen molar-refractivity contribution in [1.29, 1.82) is 0 Å². The molecule has 7 aromatic carbocycles. The van der Waals surface area contributed by atoms with Gasteiger partial charge in [-0.15, -0.1) is 0 Å². The molecule has 0 N–H and O–H groups in total. The van der Waals surface area contributed by atoms with Crippen LogP contribution in [-0.2, 0) is 0 Å². The highest BCUT2D eigenvalue weighted by Crippen LogP contribution is 2.39. The van der Waals surface area contributed by atoms with Gasteiger partial charge >= 0.3 is 0 Å². The van der Waals surface area contributed by atoms with Crippen molar-refractivity contribution in [2.45, 2.75) is 0 Å². The largest absolute Gasteiger partial charge is 0.455 e. The zero-order valence-electron chi connectivity index (χ0n) is 26.9. The lowest BCUT2D eigenvalue weighted by Crippen LogP contribution is -2.00. The number of aromatic nitrogens is 4. The van der Waals surface area contributed by atoms with E-state index in [-0.39, 0.29) is 0 Å². The Kier molecular flexibility index (Phi) is 6.42. The summed E-state index contributed by atoms with van der Waals surface area (Å²) in [4.78, 5) is 15.1. The van der Waals surface area contributed by atoms with Gasteiger partial charge in [0.25, 0.3) is 0 Å². The molecule has 0 spiro atoms. The minimum atomic E-state index is 0.561. The van der Waals surface area contributed by atoms with Gasteiger partial charge in [-0.05, 0) is 53.6 Å². The summed E-state index contributed by atoms with van der Waals surface area (Å²) in [5.41, 5.74) is 9.87. The first-order chi connectivity index (χ1) is 24.8. The van der Waals surface area contributed by atoms with Crippen molar-refractivity contribution < 1.29 is 4.42 Å². The van der Waals surface area contributed by atoms with Gasteiger partial charge in [-0.25, -0.2) is 15.0 Å². The van der Waals surface area contributed by atoms with Crippen LogP contribution in [0.25, 0.3) is 94.7 Å². The van der Waals surface area contributed by atoms with Crippen LogP contribution in [0, 0.1) is 0 Å². The van der Waals surface area contributed by atoms with Gasteiger partial charge in [0.1, 0.15) is 11.2 Å². The molecule has 0 unspecified atom stereocenters. The van der Waals surface area contributed by atoms with Gasteiger partial charge < -0.3 is 8.98 Å². The molecule has 0 aliphatic heterocycles. The first kappa shape index (κ1) is 28.2. The van der Waals surface area contributed by atoms with Gasteiger partial charge in [0, 0.05) is 38.4 Å². The quantitative estimate of drug-likeness (QED) is 0.188. The summed E-state index contributed by atoms with van der Waals surface area (Å²) in [6.45, 7) is 0. The second kappa shape index (κ2) is 11.4. The van der Waals surface area contributed by atoms with E-state index in [1.54, 1.807) is 0 Å². The minimum Gasteiger partial charge on any atom is -0.455 e. The Morgan fingerprint density at radius 2 is 0.940 bits per heavy atom. The molecule has 50 heavy (non-hydrogen) atoms. The molecule has 10 rings (SSSR count). The van der Waals surface area contributed by atoms with Crippen LogP contribution in [0.3, 0.4) is 0 Å². The molecule has 0 atom stereocenters. The van der Waals surface area contributed by atoms with Crippen LogP contribution >= 0.6 is 0 Å². The van der Waals surface area contributed by atoms with Gasteiger partial charge in [0.05, 0.1) is 16.6 Å². The van der Waals surface area contributed by atoms with Crippen LogP contribution in [0.1, 0.15) is 0 Å². The lowest BCUT2D eigenvalue weighted by Gasteiger charge is -2.10. The third-order valence-corrected chi connectivity index (χ3v) is 9.45. The van der Waals surface area contributed by atoms with Gasteiger partial charge in [-0.2, -0.15) is 0 Å². The van der Waals surface area contributed by atoms with E-state index in [0.29, 0.717) is 17.5 Å². The molecule has 0 saturated heterocycles.